The second-order valence-electron chi connectivity index (χ2n) is 3.21. The van der Waals surface area contributed by atoms with Crippen LogP contribution in [0.1, 0.15) is 18.9 Å². The van der Waals surface area contributed by atoms with Crippen molar-refractivity contribution in [2.45, 2.75) is 19.9 Å². The van der Waals surface area contributed by atoms with Crippen LogP contribution < -0.4 is 0 Å². The Labute approximate surface area is 85.9 Å². The molecule has 0 atom stereocenters. The van der Waals surface area contributed by atoms with Crippen LogP contribution in [-0.2, 0) is 6.54 Å². The summed E-state index contributed by atoms with van der Waals surface area (Å²) in [5.41, 5.74) is 1.06. The summed E-state index contributed by atoms with van der Waals surface area (Å²) < 4.78 is 14.9. The minimum atomic E-state index is -0.523. The van der Waals surface area contributed by atoms with Gasteiger partial charge in [-0.15, -0.1) is 5.10 Å². The van der Waals surface area contributed by atoms with Gasteiger partial charge in [0.25, 0.3) is 0 Å². The Kier molecular flexibility index (Phi) is 2.34. The molecule has 1 aromatic carbocycles. The SMILES string of the molecule is CCCn1nnc2ccc(F)c(C#N)c21. The summed E-state index contributed by atoms with van der Waals surface area (Å²) in [4.78, 5) is 0. The topological polar surface area (TPSA) is 54.5 Å². The summed E-state index contributed by atoms with van der Waals surface area (Å²) in [5, 5.41) is 16.6. The molecule has 0 saturated heterocycles. The Morgan fingerprint density at radius 3 is 3.00 bits per heavy atom. The zero-order chi connectivity index (χ0) is 10.8. The Morgan fingerprint density at radius 2 is 2.33 bits per heavy atom. The van der Waals surface area contributed by atoms with Gasteiger partial charge in [0.2, 0.25) is 0 Å². The van der Waals surface area contributed by atoms with Crippen molar-refractivity contribution in [1.82, 2.24) is 15.0 Å². The van der Waals surface area contributed by atoms with E-state index in [0.717, 1.165) is 6.42 Å². The van der Waals surface area contributed by atoms with Crippen molar-refractivity contribution in [2.24, 2.45) is 0 Å². The van der Waals surface area contributed by atoms with Crippen molar-refractivity contribution in [3.8, 4) is 6.07 Å². The molecule has 0 aliphatic carbocycles. The number of hydrogen-bond acceptors (Lipinski definition) is 3. The summed E-state index contributed by atoms with van der Waals surface area (Å²) in [5.74, 6) is -0.523. The third kappa shape index (κ3) is 1.44. The molecule has 0 radical (unpaired) electrons. The van der Waals surface area contributed by atoms with Crippen molar-refractivity contribution >= 4 is 11.0 Å². The third-order valence-electron chi connectivity index (χ3n) is 2.17. The van der Waals surface area contributed by atoms with Gasteiger partial charge in [-0.2, -0.15) is 5.26 Å². The minimum Gasteiger partial charge on any atom is -0.243 e. The Balaban J connectivity index is 2.76. The first-order chi connectivity index (χ1) is 7.27. The van der Waals surface area contributed by atoms with Crippen LogP contribution in [0.4, 0.5) is 4.39 Å². The molecule has 0 spiro atoms. The maximum absolute atomic E-state index is 13.3. The summed E-state index contributed by atoms with van der Waals surface area (Å²) in [6, 6.07) is 4.62. The standard InChI is InChI=1S/C10H9FN4/c1-2-5-15-10-7(6-12)8(11)3-4-9(10)13-14-15/h3-4H,2,5H2,1H3. The lowest BCUT2D eigenvalue weighted by Gasteiger charge is -2.00. The molecule has 5 heteroatoms. The van der Waals surface area contributed by atoms with E-state index in [0.29, 0.717) is 17.6 Å². The predicted octanol–water partition coefficient (Wildman–Crippen LogP) is 1.85. The van der Waals surface area contributed by atoms with Crippen molar-refractivity contribution in [1.29, 1.82) is 5.26 Å². The van der Waals surface area contributed by atoms with Crippen LogP contribution in [0.25, 0.3) is 11.0 Å². The minimum absolute atomic E-state index is 0.0194. The maximum Gasteiger partial charge on any atom is 0.143 e. The molecular formula is C10H9FN4. The number of aryl methyl sites for hydroxylation is 1. The van der Waals surface area contributed by atoms with Gasteiger partial charge in [0.1, 0.15) is 28.5 Å². The normalized spacial score (nSPS) is 10.5. The Morgan fingerprint density at radius 1 is 1.53 bits per heavy atom. The molecule has 0 amide bonds. The molecule has 0 fully saturated rings. The number of nitriles is 1. The van der Waals surface area contributed by atoms with E-state index in [1.165, 1.54) is 12.1 Å². The molecule has 0 N–H and O–H groups in total. The van der Waals surface area contributed by atoms with E-state index in [-0.39, 0.29) is 5.56 Å². The second kappa shape index (κ2) is 3.65. The largest absolute Gasteiger partial charge is 0.243 e. The molecule has 0 saturated carbocycles. The van der Waals surface area contributed by atoms with Crippen LogP contribution in [-0.4, -0.2) is 15.0 Å². The van der Waals surface area contributed by atoms with Gasteiger partial charge in [-0.1, -0.05) is 12.1 Å². The first-order valence-electron chi connectivity index (χ1n) is 4.69. The summed E-state index contributed by atoms with van der Waals surface area (Å²) in [6.45, 7) is 2.62. The molecule has 0 bridgehead atoms. The lowest BCUT2D eigenvalue weighted by atomic mass is 10.2. The predicted molar refractivity (Wildman–Crippen MR) is 52.5 cm³/mol. The molecule has 0 aliphatic heterocycles. The Bertz CT molecular complexity index is 538. The second-order valence-corrected chi connectivity index (χ2v) is 3.21. The molecule has 0 unspecified atom stereocenters. The Hall–Kier alpha value is -1.96. The van der Waals surface area contributed by atoms with Gasteiger partial charge < -0.3 is 0 Å². The smallest absolute Gasteiger partial charge is 0.143 e. The van der Waals surface area contributed by atoms with Gasteiger partial charge in [-0.3, -0.25) is 0 Å². The highest BCUT2D eigenvalue weighted by molar-refractivity contribution is 5.81. The molecule has 76 valence electrons. The summed E-state index contributed by atoms with van der Waals surface area (Å²) >= 11 is 0. The van der Waals surface area contributed by atoms with Gasteiger partial charge in [0.05, 0.1) is 0 Å². The van der Waals surface area contributed by atoms with Gasteiger partial charge in [0, 0.05) is 6.54 Å². The van der Waals surface area contributed by atoms with E-state index in [2.05, 4.69) is 10.3 Å². The van der Waals surface area contributed by atoms with Crippen LogP contribution in [0.2, 0.25) is 0 Å². The van der Waals surface area contributed by atoms with Gasteiger partial charge >= 0.3 is 0 Å². The lowest BCUT2D eigenvalue weighted by molar-refractivity contribution is 0.590. The zero-order valence-electron chi connectivity index (χ0n) is 8.24. The third-order valence-corrected chi connectivity index (χ3v) is 2.17. The highest BCUT2D eigenvalue weighted by Crippen LogP contribution is 2.19. The van der Waals surface area contributed by atoms with Crippen LogP contribution in [0, 0.1) is 17.1 Å². The lowest BCUT2D eigenvalue weighted by Crippen LogP contribution is -2.01. The van der Waals surface area contributed by atoms with Gasteiger partial charge in [-0.25, -0.2) is 9.07 Å². The maximum atomic E-state index is 13.3. The monoisotopic (exact) mass is 204 g/mol. The number of fused-ring (bicyclic) bond motifs is 1. The van der Waals surface area contributed by atoms with Crippen LogP contribution in [0.3, 0.4) is 0 Å². The van der Waals surface area contributed by atoms with E-state index in [1.54, 1.807) is 4.68 Å². The van der Waals surface area contributed by atoms with E-state index in [4.69, 9.17) is 5.26 Å². The van der Waals surface area contributed by atoms with Crippen molar-refractivity contribution in [3.05, 3.63) is 23.5 Å². The van der Waals surface area contributed by atoms with Gasteiger partial charge in [0.15, 0.2) is 0 Å². The van der Waals surface area contributed by atoms with Crippen LogP contribution in [0.15, 0.2) is 12.1 Å². The average molecular weight is 204 g/mol. The van der Waals surface area contributed by atoms with Crippen molar-refractivity contribution in [3.63, 3.8) is 0 Å². The number of nitrogens with zero attached hydrogens (tertiary/aromatic N) is 4. The fraction of sp³-hybridized carbons (Fsp3) is 0.300. The molecule has 1 aromatic heterocycles. The molecule has 15 heavy (non-hydrogen) atoms. The number of halogens is 1. The van der Waals surface area contributed by atoms with E-state index >= 15 is 0 Å². The number of hydrogen-bond donors (Lipinski definition) is 0. The van der Waals surface area contributed by atoms with E-state index in [9.17, 15) is 4.39 Å². The van der Waals surface area contributed by atoms with Crippen LogP contribution in [0.5, 0.6) is 0 Å². The first kappa shape index (κ1) is 9.59. The number of rotatable bonds is 2. The van der Waals surface area contributed by atoms with Crippen molar-refractivity contribution < 1.29 is 4.39 Å². The van der Waals surface area contributed by atoms with E-state index < -0.39 is 5.82 Å². The van der Waals surface area contributed by atoms with Crippen LogP contribution >= 0.6 is 0 Å². The van der Waals surface area contributed by atoms with Crippen molar-refractivity contribution in [2.75, 3.05) is 0 Å². The van der Waals surface area contributed by atoms with Gasteiger partial charge in [-0.05, 0) is 18.6 Å². The highest BCUT2D eigenvalue weighted by atomic mass is 19.1. The molecule has 0 aliphatic rings. The quantitative estimate of drug-likeness (QED) is 0.750. The number of benzene rings is 1. The summed E-state index contributed by atoms with van der Waals surface area (Å²) in [7, 11) is 0. The molecule has 4 nitrogen and oxygen atoms in total. The molecular weight excluding hydrogens is 195 g/mol. The van der Waals surface area contributed by atoms with E-state index in [1.807, 2.05) is 13.0 Å². The summed E-state index contributed by atoms with van der Waals surface area (Å²) in [6.07, 6.45) is 0.861. The molecule has 2 rings (SSSR count). The highest BCUT2D eigenvalue weighted by Gasteiger charge is 2.13. The molecule has 2 aromatic rings. The number of aromatic nitrogens is 3. The zero-order valence-corrected chi connectivity index (χ0v) is 8.24. The first-order valence-corrected chi connectivity index (χ1v) is 4.69. The fourth-order valence-corrected chi connectivity index (χ4v) is 1.52. The average Bonchev–Trinajstić information content (AvgIpc) is 2.63. The fourth-order valence-electron chi connectivity index (χ4n) is 1.52. The molecule has 1 heterocycles.